The van der Waals surface area contributed by atoms with Gasteiger partial charge in [0.2, 0.25) is 0 Å². The lowest BCUT2D eigenvalue weighted by Gasteiger charge is -2.09. The number of amides is 2. The zero-order valence-electron chi connectivity index (χ0n) is 13.9. The third-order valence-electron chi connectivity index (χ3n) is 3.15. The molecule has 0 unspecified atom stereocenters. The van der Waals surface area contributed by atoms with E-state index in [1.54, 1.807) is 24.3 Å². The Bertz CT molecular complexity index is 808. The standard InChI is InChI=1S/C18H16FNO6/c1-24-14-8-4-2-6-12(14)18(23)20-16(21)10-26-17(22)11-25-15-9-5-3-7-13(15)19/h2-9H,10-11H2,1H3,(H,20,21,23). The number of imide groups is 1. The highest BCUT2D eigenvalue weighted by molar-refractivity contribution is 6.06. The maximum atomic E-state index is 13.3. The minimum atomic E-state index is -0.881. The van der Waals surface area contributed by atoms with Crippen LogP contribution in [0.4, 0.5) is 4.39 Å². The Morgan fingerprint density at radius 1 is 0.962 bits per heavy atom. The summed E-state index contributed by atoms with van der Waals surface area (Å²) in [4.78, 5) is 35.3. The first kappa shape index (κ1) is 18.9. The summed E-state index contributed by atoms with van der Waals surface area (Å²) in [6, 6.07) is 11.9. The van der Waals surface area contributed by atoms with E-state index in [4.69, 9.17) is 9.47 Å². The van der Waals surface area contributed by atoms with Gasteiger partial charge in [-0.3, -0.25) is 14.9 Å². The fourth-order valence-corrected chi connectivity index (χ4v) is 1.95. The van der Waals surface area contributed by atoms with Gasteiger partial charge in [0.05, 0.1) is 12.7 Å². The van der Waals surface area contributed by atoms with Gasteiger partial charge < -0.3 is 14.2 Å². The largest absolute Gasteiger partial charge is 0.496 e. The lowest BCUT2D eigenvalue weighted by Crippen LogP contribution is -2.34. The Morgan fingerprint density at radius 2 is 1.62 bits per heavy atom. The zero-order chi connectivity index (χ0) is 18.9. The topological polar surface area (TPSA) is 90.9 Å². The Hall–Kier alpha value is -3.42. The Labute approximate surface area is 148 Å². The lowest BCUT2D eigenvalue weighted by molar-refractivity contribution is -0.150. The fourth-order valence-electron chi connectivity index (χ4n) is 1.95. The number of ether oxygens (including phenoxy) is 3. The van der Waals surface area contributed by atoms with Gasteiger partial charge in [-0.25, -0.2) is 9.18 Å². The van der Waals surface area contributed by atoms with Gasteiger partial charge in [-0.1, -0.05) is 24.3 Å². The summed E-state index contributed by atoms with van der Waals surface area (Å²) in [7, 11) is 1.39. The number of hydrogen-bond donors (Lipinski definition) is 1. The van der Waals surface area contributed by atoms with Gasteiger partial charge in [0.25, 0.3) is 11.8 Å². The van der Waals surface area contributed by atoms with Crippen LogP contribution < -0.4 is 14.8 Å². The summed E-state index contributed by atoms with van der Waals surface area (Å²) in [5.41, 5.74) is 0.164. The van der Waals surface area contributed by atoms with Crippen LogP contribution in [0.3, 0.4) is 0 Å². The van der Waals surface area contributed by atoms with E-state index in [1.807, 2.05) is 0 Å². The van der Waals surface area contributed by atoms with Crippen LogP contribution in [0.1, 0.15) is 10.4 Å². The van der Waals surface area contributed by atoms with E-state index < -0.39 is 36.8 Å². The summed E-state index contributed by atoms with van der Waals surface area (Å²) in [5, 5.41) is 2.07. The van der Waals surface area contributed by atoms with Gasteiger partial charge in [0.1, 0.15) is 5.75 Å². The van der Waals surface area contributed by atoms with Crippen molar-refractivity contribution in [2.24, 2.45) is 0 Å². The number of carbonyl (C=O) groups is 3. The third-order valence-corrected chi connectivity index (χ3v) is 3.15. The molecule has 8 heteroatoms. The van der Waals surface area contributed by atoms with E-state index in [0.29, 0.717) is 5.75 Å². The van der Waals surface area contributed by atoms with Crippen molar-refractivity contribution >= 4 is 17.8 Å². The Kier molecular flexibility index (Phi) is 6.67. The summed E-state index contributed by atoms with van der Waals surface area (Å²) in [6.45, 7) is -1.25. The average molecular weight is 361 g/mol. The summed E-state index contributed by atoms with van der Waals surface area (Å²) in [5.74, 6) is -2.83. The molecule has 0 saturated heterocycles. The number of nitrogens with one attached hydrogen (secondary N) is 1. The van der Waals surface area contributed by atoms with Crippen molar-refractivity contribution in [2.45, 2.75) is 0 Å². The highest BCUT2D eigenvalue weighted by atomic mass is 19.1. The zero-order valence-corrected chi connectivity index (χ0v) is 13.9. The first-order valence-electron chi connectivity index (χ1n) is 7.51. The molecule has 0 saturated carbocycles. The molecule has 0 fully saturated rings. The lowest BCUT2D eigenvalue weighted by atomic mass is 10.2. The molecule has 2 rings (SSSR count). The number of benzene rings is 2. The van der Waals surface area contributed by atoms with E-state index in [9.17, 15) is 18.8 Å². The van der Waals surface area contributed by atoms with E-state index in [0.717, 1.165) is 0 Å². The smallest absolute Gasteiger partial charge is 0.344 e. The van der Waals surface area contributed by atoms with Crippen molar-refractivity contribution in [1.82, 2.24) is 5.32 Å². The highest BCUT2D eigenvalue weighted by Gasteiger charge is 2.16. The van der Waals surface area contributed by atoms with Crippen LogP contribution in [0.5, 0.6) is 11.5 Å². The molecule has 26 heavy (non-hydrogen) atoms. The molecule has 2 aromatic carbocycles. The minimum absolute atomic E-state index is 0.111. The SMILES string of the molecule is COc1ccccc1C(=O)NC(=O)COC(=O)COc1ccccc1F. The number of halogens is 1. The van der Waals surface area contributed by atoms with Crippen LogP contribution in [0.25, 0.3) is 0 Å². The summed E-state index contributed by atoms with van der Waals surface area (Å²) < 4.78 is 28.0. The van der Waals surface area contributed by atoms with Crippen LogP contribution in [0, 0.1) is 5.82 Å². The fraction of sp³-hybridized carbons (Fsp3) is 0.167. The van der Waals surface area contributed by atoms with Crippen molar-refractivity contribution < 1.29 is 33.0 Å². The third kappa shape index (κ3) is 5.30. The van der Waals surface area contributed by atoms with E-state index in [1.165, 1.54) is 31.4 Å². The Morgan fingerprint density at radius 3 is 2.31 bits per heavy atom. The minimum Gasteiger partial charge on any atom is -0.496 e. The molecule has 7 nitrogen and oxygen atoms in total. The molecule has 0 heterocycles. The van der Waals surface area contributed by atoms with Gasteiger partial charge in [-0.15, -0.1) is 0 Å². The molecule has 0 radical (unpaired) electrons. The van der Waals surface area contributed by atoms with Crippen LogP contribution in [-0.4, -0.2) is 38.1 Å². The first-order chi connectivity index (χ1) is 12.5. The molecule has 0 bridgehead atoms. The molecule has 0 aromatic heterocycles. The van der Waals surface area contributed by atoms with Crippen LogP contribution in [0.15, 0.2) is 48.5 Å². The molecule has 0 spiro atoms. The highest BCUT2D eigenvalue weighted by Crippen LogP contribution is 2.17. The molecular formula is C18H16FNO6. The van der Waals surface area contributed by atoms with Crippen molar-refractivity contribution in [3.05, 3.63) is 59.9 Å². The molecule has 0 aliphatic heterocycles. The van der Waals surface area contributed by atoms with Crippen LogP contribution >= 0.6 is 0 Å². The number of rotatable bonds is 7. The second-order valence-electron chi connectivity index (χ2n) is 4.96. The number of carbonyl (C=O) groups excluding carboxylic acids is 3. The molecular weight excluding hydrogens is 345 g/mol. The van der Waals surface area contributed by atoms with Crippen molar-refractivity contribution in [3.63, 3.8) is 0 Å². The van der Waals surface area contributed by atoms with Gasteiger partial charge in [0, 0.05) is 0 Å². The van der Waals surface area contributed by atoms with Crippen molar-refractivity contribution in [2.75, 3.05) is 20.3 Å². The summed E-state index contributed by atoms with van der Waals surface area (Å²) >= 11 is 0. The van der Waals surface area contributed by atoms with E-state index in [-0.39, 0.29) is 11.3 Å². The normalized spacial score (nSPS) is 9.92. The molecule has 1 N–H and O–H groups in total. The van der Waals surface area contributed by atoms with Gasteiger partial charge in [-0.05, 0) is 24.3 Å². The second-order valence-corrected chi connectivity index (χ2v) is 4.96. The number of hydrogen-bond acceptors (Lipinski definition) is 6. The summed E-state index contributed by atoms with van der Waals surface area (Å²) in [6.07, 6.45) is 0. The maximum Gasteiger partial charge on any atom is 0.344 e. The predicted octanol–water partition coefficient (Wildman–Crippen LogP) is 1.71. The van der Waals surface area contributed by atoms with Gasteiger partial charge in [-0.2, -0.15) is 0 Å². The maximum absolute atomic E-state index is 13.3. The predicted molar refractivity (Wildman–Crippen MR) is 88.3 cm³/mol. The molecule has 2 amide bonds. The van der Waals surface area contributed by atoms with Gasteiger partial charge in [0.15, 0.2) is 24.8 Å². The molecule has 0 aliphatic rings. The number of esters is 1. The molecule has 2 aromatic rings. The average Bonchev–Trinajstić information content (AvgIpc) is 2.65. The Balaban J connectivity index is 1.78. The van der Waals surface area contributed by atoms with E-state index in [2.05, 4.69) is 10.1 Å². The monoisotopic (exact) mass is 361 g/mol. The molecule has 0 aliphatic carbocycles. The number of para-hydroxylation sites is 2. The van der Waals surface area contributed by atoms with Crippen LogP contribution in [-0.2, 0) is 14.3 Å². The van der Waals surface area contributed by atoms with Crippen LogP contribution in [0.2, 0.25) is 0 Å². The first-order valence-corrected chi connectivity index (χ1v) is 7.51. The number of methoxy groups -OCH3 is 1. The molecule has 0 atom stereocenters. The molecule has 136 valence electrons. The van der Waals surface area contributed by atoms with E-state index >= 15 is 0 Å². The van der Waals surface area contributed by atoms with Crippen molar-refractivity contribution in [3.8, 4) is 11.5 Å². The van der Waals surface area contributed by atoms with Crippen molar-refractivity contribution in [1.29, 1.82) is 0 Å². The van der Waals surface area contributed by atoms with Gasteiger partial charge >= 0.3 is 5.97 Å². The quantitative estimate of drug-likeness (QED) is 0.755. The second kappa shape index (κ2) is 9.16.